The summed E-state index contributed by atoms with van der Waals surface area (Å²) in [4.78, 5) is 10.2. The molecule has 2 aromatic heterocycles. The lowest BCUT2D eigenvalue weighted by Gasteiger charge is -2.25. The van der Waals surface area contributed by atoms with Gasteiger partial charge in [-0.05, 0) is 47.9 Å². The standard InChI is InChI=1S/C21H23FN4O/c1-27-20-3-2-15(22)12-17(20)16-4-8-24-21-18(16)13-19(25-21)14-5-9-26(10-6-14)11-7-23/h2-5,8,12-13H,6-7,9-11,23H2,1H3,(H,24,25). The molecule has 0 bridgehead atoms. The molecule has 3 aromatic rings. The molecule has 1 aliphatic rings. The van der Waals surface area contributed by atoms with Crippen molar-refractivity contribution >= 4 is 16.6 Å². The number of hydrogen-bond donors (Lipinski definition) is 2. The van der Waals surface area contributed by atoms with Gasteiger partial charge in [0.2, 0.25) is 0 Å². The van der Waals surface area contributed by atoms with Crippen LogP contribution in [0.1, 0.15) is 12.1 Å². The van der Waals surface area contributed by atoms with Crippen LogP contribution in [0.25, 0.3) is 27.7 Å². The third kappa shape index (κ3) is 3.46. The maximum absolute atomic E-state index is 13.9. The van der Waals surface area contributed by atoms with Crippen molar-refractivity contribution in [2.24, 2.45) is 5.73 Å². The quantitative estimate of drug-likeness (QED) is 0.726. The van der Waals surface area contributed by atoms with Gasteiger partial charge in [0.1, 0.15) is 17.2 Å². The largest absolute Gasteiger partial charge is 0.496 e. The van der Waals surface area contributed by atoms with Crippen LogP contribution >= 0.6 is 0 Å². The van der Waals surface area contributed by atoms with Gasteiger partial charge in [0, 0.05) is 49.0 Å². The summed E-state index contributed by atoms with van der Waals surface area (Å²) in [6, 6.07) is 8.57. The number of hydrogen-bond acceptors (Lipinski definition) is 4. The topological polar surface area (TPSA) is 67.2 Å². The summed E-state index contributed by atoms with van der Waals surface area (Å²) < 4.78 is 19.3. The monoisotopic (exact) mass is 366 g/mol. The van der Waals surface area contributed by atoms with Crippen LogP contribution in [0.4, 0.5) is 4.39 Å². The number of pyridine rings is 1. The van der Waals surface area contributed by atoms with Gasteiger partial charge >= 0.3 is 0 Å². The zero-order chi connectivity index (χ0) is 18.8. The second kappa shape index (κ2) is 7.50. The van der Waals surface area contributed by atoms with Gasteiger partial charge < -0.3 is 15.5 Å². The Morgan fingerprint density at radius 3 is 2.89 bits per heavy atom. The number of rotatable bonds is 5. The maximum atomic E-state index is 13.9. The zero-order valence-electron chi connectivity index (χ0n) is 15.3. The van der Waals surface area contributed by atoms with Crippen LogP contribution in [-0.2, 0) is 0 Å². The van der Waals surface area contributed by atoms with Crippen molar-refractivity contribution in [1.29, 1.82) is 0 Å². The molecule has 0 saturated carbocycles. The Kier molecular flexibility index (Phi) is 4.92. The van der Waals surface area contributed by atoms with Crippen molar-refractivity contribution in [3.8, 4) is 16.9 Å². The third-order valence-corrected chi connectivity index (χ3v) is 5.07. The second-order valence-corrected chi connectivity index (χ2v) is 6.72. The van der Waals surface area contributed by atoms with Gasteiger partial charge in [-0.3, -0.25) is 4.90 Å². The first kappa shape index (κ1) is 17.7. The lowest BCUT2D eigenvalue weighted by atomic mass is 10.0. The predicted molar refractivity (Wildman–Crippen MR) is 106 cm³/mol. The first-order valence-corrected chi connectivity index (χ1v) is 9.13. The molecule has 5 nitrogen and oxygen atoms in total. The highest BCUT2D eigenvalue weighted by molar-refractivity contribution is 5.96. The first-order valence-electron chi connectivity index (χ1n) is 9.13. The van der Waals surface area contributed by atoms with Crippen molar-refractivity contribution in [1.82, 2.24) is 14.9 Å². The highest BCUT2D eigenvalue weighted by atomic mass is 19.1. The van der Waals surface area contributed by atoms with Crippen LogP contribution in [0.3, 0.4) is 0 Å². The molecule has 0 spiro atoms. The number of ether oxygens (including phenoxy) is 1. The fourth-order valence-electron chi connectivity index (χ4n) is 3.67. The number of benzene rings is 1. The van der Waals surface area contributed by atoms with Crippen molar-refractivity contribution < 1.29 is 9.13 Å². The number of methoxy groups -OCH3 is 1. The lowest BCUT2D eigenvalue weighted by Crippen LogP contribution is -2.33. The molecule has 4 rings (SSSR count). The molecule has 0 fully saturated rings. The van der Waals surface area contributed by atoms with E-state index in [2.05, 4.69) is 27.0 Å². The van der Waals surface area contributed by atoms with Crippen molar-refractivity contribution in [2.45, 2.75) is 6.42 Å². The number of nitrogens with two attached hydrogens (primary N) is 1. The molecule has 27 heavy (non-hydrogen) atoms. The number of aromatic nitrogens is 2. The number of nitrogens with one attached hydrogen (secondary N) is 1. The summed E-state index contributed by atoms with van der Waals surface area (Å²) in [6.45, 7) is 3.50. The zero-order valence-corrected chi connectivity index (χ0v) is 15.3. The average Bonchev–Trinajstić information content (AvgIpc) is 3.13. The Morgan fingerprint density at radius 1 is 1.26 bits per heavy atom. The van der Waals surface area contributed by atoms with E-state index in [-0.39, 0.29) is 5.82 Å². The van der Waals surface area contributed by atoms with E-state index in [1.165, 1.54) is 17.7 Å². The SMILES string of the molecule is COc1ccc(F)cc1-c1ccnc2[nH]c(C3=CCN(CCN)CC3)cc12. The molecule has 140 valence electrons. The molecule has 1 aromatic carbocycles. The summed E-state index contributed by atoms with van der Waals surface area (Å²) >= 11 is 0. The van der Waals surface area contributed by atoms with Crippen molar-refractivity contribution in [2.75, 3.05) is 33.3 Å². The predicted octanol–water partition coefficient (Wildman–Crippen LogP) is 3.43. The molecule has 6 heteroatoms. The molecule has 0 atom stereocenters. The van der Waals surface area contributed by atoms with Gasteiger partial charge in [0.05, 0.1) is 7.11 Å². The number of nitrogens with zero attached hydrogens (tertiary/aromatic N) is 2. The fraction of sp³-hybridized carbons (Fsp3) is 0.286. The van der Waals surface area contributed by atoms with E-state index in [4.69, 9.17) is 10.5 Å². The Morgan fingerprint density at radius 2 is 2.15 bits per heavy atom. The van der Waals surface area contributed by atoms with E-state index in [0.29, 0.717) is 12.3 Å². The summed E-state index contributed by atoms with van der Waals surface area (Å²) in [5.74, 6) is 0.350. The molecule has 0 amide bonds. The fourth-order valence-corrected chi connectivity index (χ4v) is 3.67. The van der Waals surface area contributed by atoms with Crippen LogP contribution in [0.5, 0.6) is 5.75 Å². The summed E-state index contributed by atoms with van der Waals surface area (Å²) in [5, 5.41) is 0.960. The summed E-state index contributed by atoms with van der Waals surface area (Å²) in [7, 11) is 1.59. The Hall–Kier alpha value is -2.70. The molecule has 3 heterocycles. The van der Waals surface area contributed by atoms with Crippen LogP contribution in [0, 0.1) is 5.82 Å². The Balaban J connectivity index is 1.75. The van der Waals surface area contributed by atoms with E-state index in [0.717, 1.165) is 53.9 Å². The molecule has 1 aliphatic heterocycles. The minimum Gasteiger partial charge on any atom is -0.496 e. The van der Waals surface area contributed by atoms with Gasteiger partial charge in [0.15, 0.2) is 0 Å². The Bertz CT molecular complexity index is 995. The van der Waals surface area contributed by atoms with Crippen LogP contribution in [0.2, 0.25) is 0 Å². The smallest absolute Gasteiger partial charge is 0.138 e. The van der Waals surface area contributed by atoms with E-state index in [9.17, 15) is 4.39 Å². The summed E-state index contributed by atoms with van der Waals surface area (Å²) in [6.07, 6.45) is 4.94. The van der Waals surface area contributed by atoms with Crippen LogP contribution < -0.4 is 10.5 Å². The highest BCUT2D eigenvalue weighted by Gasteiger charge is 2.17. The molecular formula is C21H23FN4O. The number of halogens is 1. The minimum atomic E-state index is -0.290. The number of H-pyrrole nitrogens is 1. The van der Waals surface area contributed by atoms with Crippen LogP contribution in [0.15, 0.2) is 42.6 Å². The van der Waals surface area contributed by atoms with Gasteiger partial charge in [-0.25, -0.2) is 9.37 Å². The lowest BCUT2D eigenvalue weighted by molar-refractivity contribution is 0.310. The average molecular weight is 366 g/mol. The normalized spacial score (nSPS) is 15.1. The van der Waals surface area contributed by atoms with Gasteiger partial charge in [-0.1, -0.05) is 6.08 Å². The van der Waals surface area contributed by atoms with Gasteiger partial charge in [0.25, 0.3) is 0 Å². The van der Waals surface area contributed by atoms with E-state index in [1.54, 1.807) is 19.4 Å². The van der Waals surface area contributed by atoms with Gasteiger partial charge in [-0.15, -0.1) is 0 Å². The Labute approximate surface area is 157 Å². The number of aromatic amines is 1. The van der Waals surface area contributed by atoms with E-state index < -0.39 is 0 Å². The highest BCUT2D eigenvalue weighted by Crippen LogP contribution is 2.36. The molecule has 0 unspecified atom stereocenters. The first-order chi connectivity index (χ1) is 13.2. The summed E-state index contributed by atoms with van der Waals surface area (Å²) in [5.41, 5.74) is 10.4. The van der Waals surface area contributed by atoms with Crippen molar-refractivity contribution in [3.63, 3.8) is 0 Å². The third-order valence-electron chi connectivity index (χ3n) is 5.07. The van der Waals surface area contributed by atoms with Gasteiger partial charge in [-0.2, -0.15) is 0 Å². The van der Waals surface area contributed by atoms with Crippen LogP contribution in [-0.4, -0.2) is 48.2 Å². The molecule has 0 aliphatic carbocycles. The minimum absolute atomic E-state index is 0.290. The molecule has 3 N–H and O–H groups in total. The second-order valence-electron chi connectivity index (χ2n) is 6.72. The maximum Gasteiger partial charge on any atom is 0.138 e. The van der Waals surface area contributed by atoms with E-state index >= 15 is 0 Å². The molecular weight excluding hydrogens is 343 g/mol. The molecule has 0 saturated heterocycles. The van der Waals surface area contributed by atoms with E-state index in [1.807, 2.05) is 6.07 Å². The number of fused-ring (bicyclic) bond motifs is 1. The van der Waals surface area contributed by atoms with Crippen molar-refractivity contribution in [3.05, 3.63) is 54.1 Å². The molecule has 0 radical (unpaired) electrons.